The fourth-order valence-electron chi connectivity index (χ4n) is 2.06. The van der Waals surface area contributed by atoms with E-state index in [0.717, 1.165) is 10.6 Å². The Bertz CT molecular complexity index is 721. The van der Waals surface area contributed by atoms with Crippen LogP contribution in [0.4, 0.5) is 5.69 Å². The van der Waals surface area contributed by atoms with Crippen LogP contribution in [0.1, 0.15) is 16.5 Å². The average molecular weight is 320 g/mol. The van der Waals surface area contributed by atoms with Crippen LogP contribution in [0.3, 0.4) is 0 Å². The minimum atomic E-state index is -0.427. The number of hydrogen-bond donors (Lipinski definition) is 1. The van der Waals surface area contributed by atoms with E-state index in [0.29, 0.717) is 10.6 Å². The van der Waals surface area contributed by atoms with Crippen LogP contribution in [0.15, 0.2) is 53.6 Å². The van der Waals surface area contributed by atoms with Gasteiger partial charge in [-0.15, -0.1) is 0 Å². The van der Waals surface area contributed by atoms with Crippen molar-refractivity contribution in [3.05, 3.63) is 74.8 Å². The lowest BCUT2D eigenvalue weighted by Crippen LogP contribution is -2.10. The van der Waals surface area contributed by atoms with Crippen LogP contribution >= 0.6 is 23.4 Å². The molecule has 0 fully saturated rings. The van der Waals surface area contributed by atoms with Crippen molar-refractivity contribution in [2.45, 2.75) is 5.37 Å². The van der Waals surface area contributed by atoms with Gasteiger partial charge in [-0.2, -0.15) is 5.10 Å². The van der Waals surface area contributed by atoms with Crippen LogP contribution in [0.2, 0.25) is 5.02 Å². The molecule has 1 N–H and O–H groups in total. The molecule has 21 heavy (non-hydrogen) atoms. The van der Waals surface area contributed by atoms with Gasteiger partial charge in [-0.1, -0.05) is 59.8 Å². The summed E-state index contributed by atoms with van der Waals surface area (Å²) in [5, 5.41) is 16.2. The maximum atomic E-state index is 11.2. The highest BCUT2D eigenvalue weighted by molar-refractivity contribution is 8.14. The van der Waals surface area contributed by atoms with Gasteiger partial charge in [0.15, 0.2) is 0 Å². The van der Waals surface area contributed by atoms with Crippen LogP contribution in [0.25, 0.3) is 0 Å². The van der Waals surface area contributed by atoms with E-state index in [1.807, 2.05) is 30.3 Å². The summed E-state index contributed by atoms with van der Waals surface area (Å²) >= 11 is 7.55. The van der Waals surface area contributed by atoms with E-state index in [1.165, 1.54) is 17.8 Å². The first-order chi connectivity index (χ1) is 10.2. The van der Waals surface area contributed by atoms with Crippen molar-refractivity contribution < 1.29 is 4.92 Å². The molecule has 5 nitrogen and oxygen atoms in total. The number of nitrogens with zero attached hydrogens (tertiary/aromatic N) is 2. The second-order valence-corrected chi connectivity index (χ2v) is 5.84. The largest absolute Gasteiger partial charge is 0.291 e. The summed E-state index contributed by atoms with van der Waals surface area (Å²) in [6, 6.07) is 14.3. The number of halogens is 1. The Hall–Kier alpha value is -2.05. The number of nitro groups is 1. The molecule has 0 unspecified atom stereocenters. The monoisotopic (exact) mass is 319 g/mol. The van der Waals surface area contributed by atoms with E-state index in [-0.39, 0.29) is 11.1 Å². The predicted octanol–water partition coefficient (Wildman–Crippen LogP) is 3.95. The van der Waals surface area contributed by atoms with Crippen LogP contribution in [0.5, 0.6) is 0 Å². The summed E-state index contributed by atoms with van der Waals surface area (Å²) in [7, 11) is 0. The van der Waals surface area contributed by atoms with Crippen molar-refractivity contribution in [2.24, 2.45) is 5.10 Å². The predicted molar refractivity (Wildman–Crippen MR) is 84.6 cm³/mol. The van der Waals surface area contributed by atoms with Crippen molar-refractivity contribution in [1.29, 1.82) is 0 Å². The quantitative estimate of drug-likeness (QED) is 0.687. The fourth-order valence-corrected chi connectivity index (χ4v) is 3.48. The van der Waals surface area contributed by atoms with Gasteiger partial charge in [0.2, 0.25) is 0 Å². The lowest BCUT2D eigenvalue weighted by atomic mass is 10.2. The van der Waals surface area contributed by atoms with Gasteiger partial charge in [0, 0.05) is 11.6 Å². The Morgan fingerprint density at radius 1 is 1.19 bits per heavy atom. The van der Waals surface area contributed by atoms with Gasteiger partial charge in [-0.05, 0) is 6.07 Å². The minimum absolute atomic E-state index is 0.00277. The molecule has 1 heterocycles. The average Bonchev–Trinajstić information content (AvgIpc) is 2.97. The van der Waals surface area contributed by atoms with Crippen LogP contribution in [0, 0.1) is 10.1 Å². The molecule has 1 aliphatic heterocycles. The van der Waals surface area contributed by atoms with Gasteiger partial charge >= 0.3 is 0 Å². The Morgan fingerprint density at radius 2 is 1.95 bits per heavy atom. The van der Waals surface area contributed by atoms with E-state index < -0.39 is 4.92 Å². The van der Waals surface area contributed by atoms with E-state index >= 15 is 0 Å². The first-order valence-corrected chi connectivity index (χ1v) is 7.40. The Labute approximate surface area is 130 Å². The summed E-state index contributed by atoms with van der Waals surface area (Å²) < 4.78 is 0. The lowest BCUT2D eigenvalue weighted by Gasteiger charge is -2.11. The molecule has 2 aromatic rings. The molecule has 106 valence electrons. The molecule has 1 atom stereocenters. The van der Waals surface area contributed by atoms with Gasteiger partial charge in [-0.3, -0.25) is 15.5 Å². The number of thioether (sulfide) groups is 1. The number of nitro benzene ring substituents is 1. The maximum absolute atomic E-state index is 11.2. The number of nitrogens with one attached hydrogen (secondary N) is 1. The van der Waals surface area contributed by atoms with Crippen molar-refractivity contribution in [3.8, 4) is 0 Å². The van der Waals surface area contributed by atoms with Gasteiger partial charge in [0.25, 0.3) is 5.69 Å². The van der Waals surface area contributed by atoms with E-state index in [1.54, 1.807) is 12.1 Å². The van der Waals surface area contributed by atoms with Crippen molar-refractivity contribution in [1.82, 2.24) is 5.43 Å². The standard InChI is InChI=1S/C14H10ClN3O2S/c15-10-7-4-8-11(18(19)20)12(10)14-17-16-13(21-14)9-5-2-1-3-6-9/h1-8,14,17H/t14-/m1/s1. The molecule has 2 aromatic carbocycles. The molecular weight excluding hydrogens is 310 g/mol. The molecule has 0 aliphatic carbocycles. The van der Waals surface area contributed by atoms with E-state index in [2.05, 4.69) is 10.5 Å². The number of hydrazone groups is 1. The highest BCUT2D eigenvalue weighted by Gasteiger charge is 2.30. The molecule has 0 aromatic heterocycles. The first-order valence-electron chi connectivity index (χ1n) is 6.15. The van der Waals surface area contributed by atoms with Crippen LogP contribution < -0.4 is 5.43 Å². The van der Waals surface area contributed by atoms with Gasteiger partial charge in [-0.25, -0.2) is 0 Å². The zero-order valence-corrected chi connectivity index (χ0v) is 12.3. The van der Waals surface area contributed by atoms with Crippen molar-refractivity contribution >= 4 is 34.1 Å². The third-order valence-electron chi connectivity index (χ3n) is 3.02. The minimum Gasteiger partial charge on any atom is -0.291 e. The van der Waals surface area contributed by atoms with Crippen molar-refractivity contribution in [2.75, 3.05) is 0 Å². The SMILES string of the molecule is O=[N+]([O-])c1cccc(Cl)c1[C@@H]1NN=C(c2ccccc2)S1. The normalized spacial score (nSPS) is 17.2. The van der Waals surface area contributed by atoms with Crippen molar-refractivity contribution in [3.63, 3.8) is 0 Å². The van der Waals surface area contributed by atoms with Gasteiger partial charge in [0.05, 0.1) is 15.5 Å². The third kappa shape index (κ3) is 2.72. The smallest absolute Gasteiger partial charge is 0.277 e. The van der Waals surface area contributed by atoms with Crippen LogP contribution in [-0.2, 0) is 0 Å². The fraction of sp³-hybridized carbons (Fsp3) is 0.0714. The number of rotatable bonds is 3. The second-order valence-electron chi connectivity index (χ2n) is 4.34. The van der Waals surface area contributed by atoms with E-state index in [9.17, 15) is 10.1 Å². The van der Waals surface area contributed by atoms with Gasteiger partial charge in [0.1, 0.15) is 10.4 Å². The maximum Gasteiger partial charge on any atom is 0.277 e. The summed E-state index contributed by atoms with van der Waals surface area (Å²) in [5.74, 6) is 0. The third-order valence-corrected chi connectivity index (χ3v) is 4.48. The summed E-state index contributed by atoms with van der Waals surface area (Å²) in [6.45, 7) is 0. The Morgan fingerprint density at radius 3 is 2.67 bits per heavy atom. The molecular formula is C14H10ClN3O2S. The molecule has 0 saturated heterocycles. The zero-order valence-electron chi connectivity index (χ0n) is 10.7. The molecule has 0 radical (unpaired) electrons. The molecule has 0 saturated carbocycles. The number of hydrogen-bond acceptors (Lipinski definition) is 5. The molecule has 7 heteroatoms. The second kappa shape index (κ2) is 5.75. The molecule has 0 amide bonds. The highest BCUT2D eigenvalue weighted by Crippen LogP contribution is 2.41. The highest BCUT2D eigenvalue weighted by atomic mass is 35.5. The number of benzene rings is 2. The van der Waals surface area contributed by atoms with Crippen LogP contribution in [-0.4, -0.2) is 9.97 Å². The molecule has 1 aliphatic rings. The molecule has 3 rings (SSSR count). The molecule has 0 spiro atoms. The lowest BCUT2D eigenvalue weighted by molar-refractivity contribution is -0.385. The topological polar surface area (TPSA) is 67.5 Å². The zero-order chi connectivity index (χ0) is 14.8. The summed E-state index contributed by atoms with van der Waals surface area (Å²) in [6.07, 6.45) is 0. The Kier molecular flexibility index (Phi) is 3.81. The van der Waals surface area contributed by atoms with Gasteiger partial charge < -0.3 is 0 Å². The first kappa shape index (κ1) is 13.9. The summed E-state index contributed by atoms with van der Waals surface area (Å²) in [5.41, 5.74) is 4.33. The summed E-state index contributed by atoms with van der Waals surface area (Å²) in [4.78, 5) is 10.7. The molecule has 0 bridgehead atoms. The Balaban J connectivity index is 1.91. The van der Waals surface area contributed by atoms with E-state index in [4.69, 9.17) is 11.6 Å².